The van der Waals surface area contributed by atoms with Gasteiger partial charge in [-0.2, -0.15) is 0 Å². The van der Waals surface area contributed by atoms with E-state index in [9.17, 15) is 43.2 Å². The molecular weight excluding hydrogens is 1150 g/mol. The molecule has 0 aliphatic rings. The van der Waals surface area contributed by atoms with Crippen LogP contribution in [0.4, 0.5) is 0 Å². The number of aliphatic hydroxyl groups is 1. The summed E-state index contributed by atoms with van der Waals surface area (Å²) in [5.74, 6) is -0.722. The average molecular weight is 1280 g/mol. The molecule has 0 aromatic rings. The normalized spacial score (nSPS) is 14.2. The third kappa shape index (κ3) is 62.6. The standard InChI is InChI=1S/C68H132O17P2/c1-7-9-11-13-15-17-19-20-21-22-23-25-27-33-41-47-53-68(73)84-63(56-78-65(70)50-44-38-31-29-28-30-36-42-48-60(3)4)58-82-86(74,75)80-54-62(69)55-81-87(76,77)83-59-64(57-79-66(71)51-45-39-35-34-37-43-49-61(5)6)85-67(72)52-46-40-32-26-24-18-16-14-12-10-8-2/h60-64,69H,7-59H2,1-6H3,(H,74,75)(H,76,77)/t62-,63-,64-/m1/s1. The van der Waals surface area contributed by atoms with E-state index in [1.807, 2.05) is 0 Å². The highest BCUT2D eigenvalue weighted by Gasteiger charge is 2.30. The van der Waals surface area contributed by atoms with Crippen LogP contribution in [-0.4, -0.2) is 96.7 Å². The van der Waals surface area contributed by atoms with Gasteiger partial charge in [0.15, 0.2) is 12.2 Å². The lowest BCUT2D eigenvalue weighted by atomic mass is 10.0. The zero-order chi connectivity index (χ0) is 64.3. The molecule has 0 heterocycles. The third-order valence-electron chi connectivity index (χ3n) is 15.7. The lowest BCUT2D eigenvalue weighted by Gasteiger charge is -2.21. The van der Waals surface area contributed by atoms with Crippen LogP contribution >= 0.6 is 15.6 Å². The first-order valence-corrected chi connectivity index (χ1v) is 38.5. The van der Waals surface area contributed by atoms with Crippen LogP contribution in [0, 0.1) is 11.8 Å². The van der Waals surface area contributed by atoms with Gasteiger partial charge in [0.2, 0.25) is 0 Å². The van der Waals surface area contributed by atoms with Crippen molar-refractivity contribution in [3.63, 3.8) is 0 Å². The van der Waals surface area contributed by atoms with Gasteiger partial charge in [0.05, 0.1) is 26.4 Å². The smallest absolute Gasteiger partial charge is 0.462 e. The number of carbonyl (C=O) groups is 4. The molecule has 3 N–H and O–H groups in total. The highest BCUT2D eigenvalue weighted by atomic mass is 31.2. The SMILES string of the molecule is CCCCCCCCCCCCCCCCCCC(=O)O[C@H](COC(=O)CCCCCCCCCCC(C)C)COP(=O)(O)OC[C@@H](O)COP(=O)(O)OC[C@@H](COC(=O)CCCCCCCCC(C)C)OC(=O)CCCCCCCCCCCCC. The van der Waals surface area contributed by atoms with E-state index in [0.29, 0.717) is 31.6 Å². The van der Waals surface area contributed by atoms with Crippen LogP contribution in [0.15, 0.2) is 0 Å². The highest BCUT2D eigenvalue weighted by Crippen LogP contribution is 2.45. The fraction of sp³-hybridized carbons (Fsp3) is 0.941. The van der Waals surface area contributed by atoms with Crippen LogP contribution < -0.4 is 0 Å². The van der Waals surface area contributed by atoms with E-state index in [1.165, 1.54) is 154 Å². The molecule has 0 aliphatic heterocycles. The molecule has 516 valence electrons. The lowest BCUT2D eigenvalue weighted by molar-refractivity contribution is -0.161. The first kappa shape index (κ1) is 85.1. The molecule has 2 unspecified atom stereocenters. The summed E-state index contributed by atoms with van der Waals surface area (Å²) in [7, 11) is -9.89. The summed E-state index contributed by atoms with van der Waals surface area (Å²) in [4.78, 5) is 72.4. The zero-order valence-corrected chi connectivity index (χ0v) is 58.1. The molecule has 0 radical (unpaired) electrons. The maximum absolute atomic E-state index is 13.0. The minimum atomic E-state index is -4.95. The predicted octanol–water partition coefficient (Wildman–Crippen LogP) is 19.2. The Morgan fingerprint density at radius 2 is 0.529 bits per heavy atom. The predicted molar refractivity (Wildman–Crippen MR) is 349 cm³/mol. The fourth-order valence-electron chi connectivity index (χ4n) is 10.2. The number of hydrogen-bond donors (Lipinski definition) is 3. The van der Waals surface area contributed by atoms with Gasteiger partial charge in [-0.15, -0.1) is 0 Å². The van der Waals surface area contributed by atoms with Gasteiger partial charge >= 0.3 is 39.5 Å². The number of phosphoric ester groups is 2. The summed E-state index contributed by atoms with van der Waals surface area (Å²) in [6, 6.07) is 0. The van der Waals surface area contributed by atoms with E-state index in [1.54, 1.807) is 0 Å². The molecule has 0 saturated heterocycles. The minimum Gasteiger partial charge on any atom is -0.462 e. The van der Waals surface area contributed by atoms with Crippen molar-refractivity contribution in [1.82, 2.24) is 0 Å². The summed E-state index contributed by atoms with van der Waals surface area (Å²) in [6.07, 6.45) is 44.6. The Kier molecular flexibility index (Phi) is 59.0. The van der Waals surface area contributed by atoms with Crippen LogP contribution in [0.5, 0.6) is 0 Å². The van der Waals surface area contributed by atoms with Crippen molar-refractivity contribution in [2.75, 3.05) is 39.6 Å². The first-order valence-electron chi connectivity index (χ1n) is 35.5. The van der Waals surface area contributed by atoms with E-state index in [0.717, 1.165) is 102 Å². The lowest BCUT2D eigenvalue weighted by Crippen LogP contribution is -2.30. The van der Waals surface area contributed by atoms with Gasteiger partial charge in [-0.3, -0.25) is 37.3 Å². The number of aliphatic hydroxyl groups excluding tert-OH is 1. The zero-order valence-electron chi connectivity index (χ0n) is 56.3. The van der Waals surface area contributed by atoms with Crippen molar-refractivity contribution in [3.05, 3.63) is 0 Å². The summed E-state index contributed by atoms with van der Waals surface area (Å²) in [5, 5.41) is 10.6. The molecule has 0 aliphatic carbocycles. The number of phosphoric acid groups is 2. The number of rotatable bonds is 67. The summed E-state index contributed by atoms with van der Waals surface area (Å²) in [6.45, 7) is 9.41. The van der Waals surface area contributed by atoms with Gasteiger partial charge in [0.25, 0.3) is 0 Å². The van der Waals surface area contributed by atoms with Gasteiger partial charge in [0.1, 0.15) is 19.3 Å². The molecule has 0 rings (SSSR count). The second kappa shape index (κ2) is 60.3. The van der Waals surface area contributed by atoms with E-state index in [2.05, 4.69) is 41.5 Å². The van der Waals surface area contributed by atoms with E-state index < -0.39 is 97.5 Å². The highest BCUT2D eigenvalue weighted by molar-refractivity contribution is 7.47. The van der Waals surface area contributed by atoms with Crippen molar-refractivity contribution >= 4 is 39.5 Å². The molecule has 19 heteroatoms. The van der Waals surface area contributed by atoms with Gasteiger partial charge in [-0.05, 0) is 37.5 Å². The summed E-state index contributed by atoms with van der Waals surface area (Å²) in [5.41, 5.74) is 0. The van der Waals surface area contributed by atoms with Crippen molar-refractivity contribution in [3.8, 4) is 0 Å². The number of unbranched alkanes of at least 4 members (excludes halogenated alkanes) is 37. The molecule has 87 heavy (non-hydrogen) atoms. The first-order chi connectivity index (χ1) is 41.9. The van der Waals surface area contributed by atoms with E-state index in [-0.39, 0.29) is 25.7 Å². The molecule has 17 nitrogen and oxygen atoms in total. The Morgan fingerprint density at radius 1 is 0.310 bits per heavy atom. The average Bonchev–Trinajstić information content (AvgIpc) is 3.69. The van der Waals surface area contributed by atoms with Crippen LogP contribution in [0.2, 0.25) is 0 Å². The molecule has 0 saturated carbocycles. The van der Waals surface area contributed by atoms with Crippen LogP contribution in [0.25, 0.3) is 0 Å². The number of esters is 4. The largest absolute Gasteiger partial charge is 0.472 e. The maximum atomic E-state index is 13.0. The Labute approximate surface area is 530 Å². The van der Waals surface area contributed by atoms with Gasteiger partial charge in [-0.25, -0.2) is 9.13 Å². The Hall–Kier alpha value is -1.94. The topological polar surface area (TPSA) is 237 Å². The number of hydrogen-bond acceptors (Lipinski definition) is 15. The molecule has 0 amide bonds. The minimum absolute atomic E-state index is 0.106. The van der Waals surface area contributed by atoms with Gasteiger partial charge < -0.3 is 33.8 Å². The van der Waals surface area contributed by atoms with Gasteiger partial charge in [0, 0.05) is 25.7 Å². The van der Waals surface area contributed by atoms with Crippen molar-refractivity contribution in [1.29, 1.82) is 0 Å². The van der Waals surface area contributed by atoms with Crippen LogP contribution in [0.1, 0.15) is 343 Å². The third-order valence-corrected chi connectivity index (χ3v) is 17.6. The summed E-state index contributed by atoms with van der Waals surface area (Å²) >= 11 is 0. The molecule has 0 aromatic heterocycles. The van der Waals surface area contributed by atoms with Crippen LogP contribution in [0.3, 0.4) is 0 Å². The Bertz CT molecular complexity index is 1700. The van der Waals surface area contributed by atoms with Crippen molar-refractivity contribution in [2.45, 2.75) is 362 Å². The van der Waals surface area contributed by atoms with Crippen molar-refractivity contribution < 1.29 is 80.2 Å². The molecular formula is C68H132O17P2. The van der Waals surface area contributed by atoms with Crippen LogP contribution in [-0.2, 0) is 65.4 Å². The molecule has 0 aromatic carbocycles. The summed E-state index contributed by atoms with van der Waals surface area (Å²) < 4.78 is 68.1. The van der Waals surface area contributed by atoms with E-state index >= 15 is 0 Å². The maximum Gasteiger partial charge on any atom is 0.472 e. The molecule has 0 bridgehead atoms. The molecule has 5 atom stereocenters. The Morgan fingerprint density at radius 3 is 0.782 bits per heavy atom. The van der Waals surface area contributed by atoms with Gasteiger partial charge in [-0.1, -0.05) is 292 Å². The Balaban J connectivity index is 5.23. The second-order valence-electron chi connectivity index (χ2n) is 25.5. The van der Waals surface area contributed by atoms with E-state index in [4.69, 9.17) is 37.0 Å². The fourth-order valence-corrected chi connectivity index (χ4v) is 11.8. The monoisotopic (exact) mass is 1280 g/mol. The quantitative estimate of drug-likeness (QED) is 0.0222. The number of carbonyl (C=O) groups excluding carboxylic acids is 4. The molecule has 0 spiro atoms. The number of ether oxygens (including phenoxy) is 4. The van der Waals surface area contributed by atoms with Crippen molar-refractivity contribution in [2.24, 2.45) is 11.8 Å². The second-order valence-corrected chi connectivity index (χ2v) is 28.4. The molecule has 0 fully saturated rings.